The molecule has 156 valence electrons. The van der Waals surface area contributed by atoms with Crippen LogP contribution in [0.3, 0.4) is 0 Å². The molecule has 7 nitrogen and oxygen atoms in total. The van der Waals surface area contributed by atoms with Gasteiger partial charge in [0.15, 0.2) is 11.0 Å². The topological polar surface area (TPSA) is 72.9 Å². The van der Waals surface area contributed by atoms with Crippen LogP contribution in [0.1, 0.15) is 36.7 Å². The summed E-state index contributed by atoms with van der Waals surface area (Å²) >= 11 is 3.18. The highest BCUT2D eigenvalue weighted by atomic mass is 32.2. The van der Waals surface area contributed by atoms with Crippen molar-refractivity contribution in [3.8, 4) is 11.4 Å². The highest BCUT2D eigenvalue weighted by Crippen LogP contribution is 2.28. The first-order chi connectivity index (χ1) is 14.7. The fraction of sp³-hybridized carbons (Fsp3) is 0.333. The summed E-state index contributed by atoms with van der Waals surface area (Å²) in [5.41, 5.74) is 2.19. The Hall–Kier alpha value is -2.49. The lowest BCUT2D eigenvalue weighted by molar-refractivity contribution is 0.272. The minimum atomic E-state index is 0.198. The minimum absolute atomic E-state index is 0.198. The smallest absolute Gasteiger partial charge is 0.237 e. The monoisotopic (exact) mass is 440 g/mol. The van der Waals surface area contributed by atoms with Gasteiger partial charge in [0.2, 0.25) is 11.7 Å². The highest BCUT2D eigenvalue weighted by Gasteiger charge is 2.22. The van der Waals surface area contributed by atoms with Gasteiger partial charge in [-0.25, -0.2) is 0 Å². The Morgan fingerprint density at radius 2 is 2.00 bits per heavy atom. The molecule has 4 aromatic rings. The minimum Gasteiger partial charge on any atom is -0.338 e. The summed E-state index contributed by atoms with van der Waals surface area (Å²) < 4.78 is 7.64. The van der Waals surface area contributed by atoms with Crippen LogP contribution in [0.15, 0.2) is 56.8 Å². The summed E-state index contributed by atoms with van der Waals surface area (Å²) in [4.78, 5) is 6.70. The van der Waals surface area contributed by atoms with E-state index in [1.54, 1.807) is 23.1 Å². The van der Waals surface area contributed by atoms with E-state index in [-0.39, 0.29) is 6.04 Å². The second kappa shape index (κ2) is 9.55. The average Bonchev–Trinajstić information content (AvgIpc) is 3.49. The molecule has 0 saturated carbocycles. The first-order valence-electron chi connectivity index (χ1n) is 9.77. The molecule has 0 aliphatic rings. The van der Waals surface area contributed by atoms with Gasteiger partial charge in [-0.2, -0.15) is 16.3 Å². The van der Waals surface area contributed by atoms with Gasteiger partial charge in [-0.15, -0.1) is 10.2 Å². The van der Waals surface area contributed by atoms with Gasteiger partial charge < -0.3 is 9.09 Å². The first kappa shape index (κ1) is 20.8. The number of hydrogen-bond donors (Lipinski definition) is 0. The van der Waals surface area contributed by atoms with Gasteiger partial charge in [-0.3, -0.25) is 4.90 Å². The molecule has 0 aliphatic heterocycles. The summed E-state index contributed by atoms with van der Waals surface area (Å²) in [6.45, 7) is 2.89. The quantitative estimate of drug-likeness (QED) is 0.348. The maximum Gasteiger partial charge on any atom is 0.237 e. The molecule has 0 fully saturated rings. The van der Waals surface area contributed by atoms with Gasteiger partial charge in [0.1, 0.15) is 0 Å². The normalized spacial score (nSPS) is 12.5. The summed E-state index contributed by atoms with van der Waals surface area (Å²) in [6, 6.07) is 12.6. The fourth-order valence-electron chi connectivity index (χ4n) is 3.30. The largest absolute Gasteiger partial charge is 0.338 e. The van der Waals surface area contributed by atoms with E-state index in [9.17, 15) is 0 Å². The molecule has 0 unspecified atom stereocenters. The van der Waals surface area contributed by atoms with Gasteiger partial charge in [-0.1, -0.05) is 54.2 Å². The molecule has 3 aromatic heterocycles. The molecule has 3 heterocycles. The fourth-order valence-corrected chi connectivity index (χ4v) is 4.71. The number of thiophene rings is 1. The van der Waals surface area contributed by atoms with Crippen molar-refractivity contribution in [2.24, 2.45) is 0 Å². The second-order valence-electron chi connectivity index (χ2n) is 7.11. The summed E-state index contributed by atoms with van der Waals surface area (Å²) in [5, 5.41) is 18.0. The van der Waals surface area contributed by atoms with Crippen molar-refractivity contribution in [2.75, 3.05) is 14.1 Å². The van der Waals surface area contributed by atoms with Crippen molar-refractivity contribution in [3.63, 3.8) is 0 Å². The van der Waals surface area contributed by atoms with Crippen molar-refractivity contribution < 1.29 is 4.52 Å². The van der Waals surface area contributed by atoms with E-state index in [0.29, 0.717) is 17.5 Å². The molecule has 0 radical (unpaired) electrons. The van der Waals surface area contributed by atoms with Crippen molar-refractivity contribution >= 4 is 23.1 Å². The van der Waals surface area contributed by atoms with Gasteiger partial charge in [0, 0.05) is 10.9 Å². The number of hydrogen-bond acceptors (Lipinski definition) is 8. The van der Waals surface area contributed by atoms with Gasteiger partial charge in [0.25, 0.3) is 0 Å². The van der Waals surface area contributed by atoms with Crippen molar-refractivity contribution in [3.05, 3.63) is 64.4 Å². The van der Waals surface area contributed by atoms with Crippen LogP contribution in [-0.2, 0) is 12.3 Å². The molecule has 0 saturated heterocycles. The SMILES string of the molecule is CC[C@@H](c1nnc(SCc2nc(-c3ccsc3)no2)n1Cc1ccccc1)N(C)C. The van der Waals surface area contributed by atoms with Crippen LogP contribution >= 0.6 is 23.1 Å². The molecule has 4 rings (SSSR count). The Bertz CT molecular complexity index is 1060. The van der Waals surface area contributed by atoms with E-state index in [0.717, 1.165) is 29.5 Å². The molecular formula is C21H24N6OS2. The maximum atomic E-state index is 5.44. The van der Waals surface area contributed by atoms with Crippen molar-refractivity contribution in [1.82, 2.24) is 29.8 Å². The van der Waals surface area contributed by atoms with Crippen LogP contribution in [0.2, 0.25) is 0 Å². The molecule has 0 bridgehead atoms. The Labute approximate surface area is 184 Å². The lowest BCUT2D eigenvalue weighted by atomic mass is 10.2. The van der Waals surface area contributed by atoms with E-state index in [4.69, 9.17) is 4.52 Å². The number of nitrogens with zero attached hydrogens (tertiary/aromatic N) is 6. The third-order valence-corrected chi connectivity index (χ3v) is 6.44. The summed E-state index contributed by atoms with van der Waals surface area (Å²) in [6.07, 6.45) is 0.957. The zero-order valence-corrected chi connectivity index (χ0v) is 18.9. The number of thioether (sulfide) groups is 1. The van der Waals surface area contributed by atoms with Gasteiger partial charge >= 0.3 is 0 Å². The number of benzene rings is 1. The van der Waals surface area contributed by atoms with Gasteiger partial charge in [0.05, 0.1) is 18.3 Å². The first-order valence-corrected chi connectivity index (χ1v) is 11.7. The van der Waals surface area contributed by atoms with E-state index >= 15 is 0 Å². The van der Waals surface area contributed by atoms with Crippen molar-refractivity contribution in [2.45, 2.75) is 36.8 Å². The van der Waals surface area contributed by atoms with Crippen LogP contribution in [0.4, 0.5) is 0 Å². The lowest BCUT2D eigenvalue weighted by Gasteiger charge is -2.23. The zero-order valence-electron chi connectivity index (χ0n) is 17.2. The lowest BCUT2D eigenvalue weighted by Crippen LogP contribution is -2.23. The number of aromatic nitrogens is 5. The Morgan fingerprint density at radius 3 is 2.70 bits per heavy atom. The maximum absolute atomic E-state index is 5.44. The Kier molecular flexibility index (Phi) is 6.61. The van der Waals surface area contributed by atoms with Crippen LogP contribution in [-0.4, -0.2) is 43.9 Å². The third-order valence-electron chi connectivity index (χ3n) is 4.81. The molecular weight excluding hydrogens is 416 g/mol. The second-order valence-corrected chi connectivity index (χ2v) is 8.84. The van der Waals surface area contributed by atoms with Crippen LogP contribution in [0, 0.1) is 0 Å². The molecule has 0 amide bonds. The van der Waals surface area contributed by atoms with Gasteiger partial charge in [-0.05, 0) is 37.5 Å². The molecule has 0 N–H and O–H groups in total. The van der Waals surface area contributed by atoms with E-state index in [1.165, 1.54) is 5.56 Å². The van der Waals surface area contributed by atoms with E-state index < -0.39 is 0 Å². The average molecular weight is 441 g/mol. The zero-order chi connectivity index (χ0) is 20.9. The Morgan fingerprint density at radius 1 is 1.17 bits per heavy atom. The van der Waals surface area contributed by atoms with E-state index in [1.807, 2.05) is 22.9 Å². The molecule has 0 spiro atoms. The standard InChI is InChI=1S/C21H24N6OS2/c1-4-17(26(2)3)20-23-24-21(27(20)12-15-8-6-5-7-9-15)30-14-18-22-19(25-28-18)16-10-11-29-13-16/h5-11,13,17H,4,12,14H2,1-3H3/t17-/m0/s1. The van der Waals surface area contributed by atoms with Crippen LogP contribution in [0.5, 0.6) is 0 Å². The molecule has 30 heavy (non-hydrogen) atoms. The molecule has 9 heteroatoms. The Balaban J connectivity index is 1.57. The highest BCUT2D eigenvalue weighted by molar-refractivity contribution is 7.98. The summed E-state index contributed by atoms with van der Waals surface area (Å²) in [5.74, 6) is 2.72. The van der Waals surface area contributed by atoms with Crippen LogP contribution in [0.25, 0.3) is 11.4 Å². The number of rotatable bonds is 9. The predicted octanol–water partition coefficient (Wildman–Crippen LogP) is 4.74. The molecule has 1 atom stereocenters. The predicted molar refractivity (Wildman–Crippen MR) is 119 cm³/mol. The molecule has 0 aliphatic carbocycles. The van der Waals surface area contributed by atoms with E-state index in [2.05, 4.69) is 75.1 Å². The molecule has 1 aromatic carbocycles. The van der Waals surface area contributed by atoms with Crippen molar-refractivity contribution in [1.29, 1.82) is 0 Å². The van der Waals surface area contributed by atoms with Crippen LogP contribution < -0.4 is 0 Å². The third kappa shape index (κ3) is 4.63. The summed E-state index contributed by atoms with van der Waals surface area (Å²) in [7, 11) is 4.15.